The lowest BCUT2D eigenvalue weighted by molar-refractivity contribution is -0.124. The summed E-state index contributed by atoms with van der Waals surface area (Å²) in [5.41, 5.74) is 0.799. The van der Waals surface area contributed by atoms with Gasteiger partial charge >= 0.3 is 0 Å². The molecule has 0 atom stereocenters. The van der Waals surface area contributed by atoms with E-state index in [2.05, 4.69) is 10.6 Å². The number of aliphatic hydroxyl groups is 1. The van der Waals surface area contributed by atoms with Crippen molar-refractivity contribution in [2.45, 2.75) is 52.6 Å². The standard InChI is InChI=1S/C19H32N2O4/c1-5-24-17-12-15(13-20-10-6-7-11-22)8-9-16(17)25-14-18(23)21-19(2,3)4/h8-9,12,20,22H,5-7,10-11,13-14H2,1-4H3,(H,21,23). The highest BCUT2D eigenvalue weighted by Crippen LogP contribution is 2.28. The van der Waals surface area contributed by atoms with Crippen molar-refractivity contribution in [3.8, 4) is 11.5 Å². The summed E-state index contributed by atoms with van der Waals surface area (Å²) >= 11 is 0. The van der Waals surface area contributed by atoms with Gasteiger partial charge in [0.2, 0.25) is 0 Å². The van der Waals surface area contributed by atoms with Crippen LogP contribution in [0.3, 0.4) is 0 Å². The average molecular weight is 352 g/mol. The molecule has 0 aliphatic rings. The molecule has 0 saturated heterocycles. The number of unbranched alkanes of at least 4 members (excludes halogenated alkanes) is 1. The molecule has 1 amide bonds. The van der Waals surface area contributed by atoms with Gasteiger partial charge in [0, 0.05) is 18.7 Å². The molecule has 0 bridgehead atoms. The van der Waals surface area contributed by atoms with Crippen LogP contribution in [0.25, 0.3) is 0 Å². The zero-order chi connectivity index (χ0) is 18.7. The average Bonchev–Trinajstić information content (AvgIpc) is 2.52. The Balaban J connectivity index is 2.59. The third kappa shape index (κ3) is 9.31. The third-order valence-corrected chi connectivity index (χ3v) is 3.27. The Kier molecular flexibility index (Phi) is 9.31. The van der Waals surface area contributed by atoms with Crippen LogP contribution < -0.4 is 20.1 Å². The lowest BCUT2D eigenvalue weighted by atomic mass is 10.1. The summed E-state index contributed by atoms with van der Waals surface area (Å²) in [5.74, 6) is 1.04. The van der Waals surface area contributed by atoms with E-state index in [1.165, 1.54) is 0 Å². The van der Waals surface area contributed by atoms with Gasteiger partial charge in [0.25, 0.3) is 5.91 Å². The van der Waals surface area contributed by atoms with Gasteiger partial charge in [-0.1, -0.05) is 6.07 Å². The first-order chi connectivity index (χ1) is 11.9. The van der Waals surface area contributed by atoms with Crippen LogP contribution in [-0.4, -0.2) is 42.9 Å². The van der Waals surface area contributed by atoms with Crippen LogP contribution in [0.1, 0.15) is 46.1 Å². The van der Waals surface area contributed by atoms with Crippen LogP contribution in [0.5, 0.6) is 11.5 Å². The van der Waals surface area contributed by atoms with Crippen molar-refractivity contribution in [2.75, 3.05) is 26.4 Å². The minimum atomic E-state index is -0.283. The minimum Gasteiger partial charge on any atom is -0.490 e. The van der Waals surface area contributed by atoms with E-state index in [-0.39, 0.29) is 24.7 Å². The maximum Gasteiger partial charge on any atom is 0.258 e. The quantitative estimate of drug-likeness (QED) is 0.532. The van der Waals surface area contributed by atoms with E-state index in [9.17, 15) is 4.79 Å². The van der Waals surface area contributed by atoms with E-state index in [1.54, 1.807) is 0 Å². The van der Waals surface area contributed by atoms with Crippen LogP contribution in [0, 0.1) is 0 Å². The number of nitrogens with one attached hydrogen (secondary N) is 2. The Morgan fingerprint density at radius 3 is 2.56 bits per heavy atom. The second kappa shape index (κ2) is 10.9. The fraction of sp³-hybridized carbons (Fsp3) is 0.632. The molecule has 0 aromatic heterocycles. The molecule has 25 heavy (non-hydrogen) atoms. The molecule has 3 N–H and O–H groups in total. The molecule has 0 saturated carbocycles. The molecule has 6 nitrogen and oxygen atoms in total. The number of hydrogen-bond donors (Lipinski definition) is 3. The first-order valence-corrected chi connectivity index (χ1v) is 8.87. The number of amides is 1. The fourth-order valence-corrected chi connectivity index (χ4v) is 2.24. The Hall–Kier alpha value is -1.79. The molecule has 0 heterocycles. The van der Waals surface area contributed by atoms with E-state index in [0.717, 1.165) is 31.5 Å². The molecule has 0 aliphatic carbocycles. The van der Waals surface area contributed by atoms with E-state index in [0.29, 0.717) is 18.1 Å². The summed E-state index contributed by atoms with van der Waals surface area (Å²) in [4.78, 5) is 11.9. The zero-order valence-corrected chi connectivity index (χ0v) is 15.9. The number of carbonyl (C=O) groups excluding carboxylic acids is 1. The molecule has 1 aromatic carbocycles. The minimum absolute atomic E-state index is 0.0455. The molecule has 1 aromatic rings. The van der Waals surface area contributed by atoms with E-state index >= 15 is 0 Å². The Morgan fingerprint density at radius 2 is 1.92 bits per heavy atom. The molecule has 0 aliphatic heterocycles. The highest BCUT2D eigenvalue weighted by atomic mass is 16.5. The van der Waals surface area contributed by atoms with Gasteiger partial charge in [0.05, 0.1) is 6.61 Å². The highest BCUT2D eigenvalue weighted by Gasteiger charge is 2.15. The van der Waals surface area contributed by atoms with Gasteiger partial charge in [0.15, 0.2) is 18.1 Å². The zero-order valence-electron chi connectivity index (χ0n) is 15.9. The summed E-state index contributed by atoms with van der Waals surface area (Å²) in [6, 6.07) is 5.72. The highest BCUT2D eigenvalue weighted by molar-refractivity contribution is 5.78. The number of aliphatic hydroxyl groups excluding tert-OH is 1. The maximum atomic E-state index is 11.9. The first-order valence-electron chi connectivity index (χ1n) is 8.87. The molecule has 0 unspecified atom stereocenters. The van der Waals surface area contributed by atoms with Crippen LogP contribution in [0.4, 0.5) is 0 Å². The van der Waals surface area contributed by atoms with Crippen LogP contribution in [0.15, 0.2) is 18.2 Å². The van der Waals surface area contributed by atoms with Crippen molar-refractivity contribution < 1.29 is 19.4 Å². The normalized spacial score (nSPS) is 11.2. The summed E-state index contributed by atoms with van der Waals surface area (Å²) in [5, 5.41) is 15.0. The summed E-state index contributed by atoms with van der Waals surface area (Å²) < 4.78 is 11.3. The van der Waals surface area contributed by atoms with E-state index < -0.39 is 0 Å². The molecule has 0 spiro atoms. The van der Waals surface area contributed by atoms with Crippen LogP contribution in [-0.2, 0) is 11.3 Å². The van der Waals surface area contributed by atoms with Crippen molar-refractivity contribution in [2.24, 2.45) is 0 Å². The van der Waals surface area contributed by atoms with Gasteiger partial charge in [-0.3, -0.25) is 4.79 Å². The summed E-state index contributed by atoms with van der Waals surface area (Å²) in [6.07, 6.45) is 1.75. The predicted octanol–water partition coefficient (Wildman–Crippen LogP) is 2.24. The second-order valence-electron chi connectivity index (χ2n) is 6.91. The van der Waals surface area contributed by atoms with Gasteiger partial charge in [0.1, 0.15) is 0 Å². The van der Waals surface area contributed by atoms with Gasteiger partial charge in [-0.2, -0.15) is 0 Å². The topological polar surface area (TPSA) is 79.8 Å². The number of carbonyl (C=O) groups is 1. The smallest absolute Gasteiger partial charge is 0.258 e. The van der Waals surface area contributed by atoms with Crippen LogP contribution >= 0.6 is 0 Å². The third-order valence-electron chi connectivity index (χ3n) is 3.27. The fourth-order valence-electron chi connectivity index (χ4n) is 2.24. The molecule has 6 heteroatoms. The molecule has 1 rings (SSSR count). The SMILES string of the molecule is CCOc1cc(CNCCCCO)ccc1OCC(=O)NC(C)(C)C. The van der Waals surface area contributed by atoms with Gasteiger partial charge in [-0.05, 0) is 64.8 Å². The monoisotopic (exact) mass is 352 g/mol. The van der Waals surface area contributed by atoms with Crippen molar-refractivity contribution in [3.63, 3.8) is 0 Å². The molecule has 0 fully saturated rings. The van der Waals surface area contributed by atoms with Crippen molar-refractivity contribution >= 4 is 5.91 Å². The second-order valence-corrected chi connectivity index (χ2v) is 6.91. The number of benzene rings is 1. The number of hydrogen-bond acceptors (Lipinski definition) is 5. The maximum absolute atomic E-state index is 11.9. The predicted molar refractivity (Wildman–Crippen MR) is 99.0 cm³/mol. The van der Waals surface area contributed by atoms with E-state index in [4.69, 9.17) is 14.6 Å². The Bertz CT molecular complexity index is 527. The van der Waals surface area contributed by atoms with Gasteiger partial charge in [-0.15, -0.1) is 0 Å². The molecular formula is C19H32N2O4. The largest absolute Gasteiger partial charge is 0.490 e. The molecular weight excluding hydrogens is 320 g/mol. The number of rotatable bonds is 11. The Morgan fingerprint density at radius 1 is 1.16 bits per heavy atom. The van der Waals surface area contributed by atoms with Crippen LogP contribution in [0.2, 0.25) is 0 Å². The summed E-state index contributed by atoms with van der Waals surface area (Å²) in [6.45, 7) is 9.98. The van der Waals surface area contributed by atoms with Gasteiger partial charge < -0.3 is 25.2 Å². The Labute approximate surface area is 150 Å². The lowest BCUT2D eigenvalue weighted by Crippen LogP contribution is -2.43. The van der Waals surface area contributed by atoms with Crippen molar-refractivity contribution in [3.05, 3.63) is 23.8 Å². The summed E-state index contributed by atoms with van der Waals surface area (Å²) in [7, 11) is 0. The lowest BCUT2D eigenvalue weighted by Gasteiger charge is -2.21. The molecule has 0 radical (unpaired) electrons. The van der Waals surface area contributed by atoms with Gasteiger partial charge in [-0.25, -0.2) is 0 Å². The molecule has 142 valence electrons. The number of ether oxygens (including phenoxy) is 2. The van der Waals surface area contributed by atoms with E-state index in [1.807, 2.05) is 45.9 Å². The van der Waals surface area contributed by atoms with Crippen molar-refractivity contribution in [1.29, 1.82) is 0 Å². The first kappa shape index (κ1) is 21.3. The van der Waals surface area contributed by atoms with Crippen molar-refractivity contribution in [1.82, 2.24) is 10.6 Å².